The van der Waals surface area contributed by atoms with Crippen LogP contribution >= 0.6 is 7.60 Å². The summed E-state index contributed by atoms with van der Waals surface area (Å²) in [6.45, 7) is 4.69. The van der Waals surface area contributed by atoms with Crippen LogP contribution in [0, 0.1) is 20.8 Å². The van der Waals surface area contributed by atoms with Crippen LogP contribution in [0.15, 0.2) is 63.6 Å². The van der Waals surface area contributed by atoms with E-state index in [1.807, 2.05) is 6.07 Å². The van der Waals surface area contributed by atoms with Crippen molar-refractivity contribution in [2.75, 3.05) is 6.61 Å². The fraction of sp³-hybridized carbons (Fsp3) is 0.375. The number of hydrogen-bond donors (Lipinski definition) is 2. The highest BCUT2D eigenvalue weighted by molar-refractivity contribution is 7.54. The molecular formula is C24H27N6O7P. The van der Waals surface area contributed by atoms with Gasteiger partial charge < -0.3 is 14.4 Å². The molecule has 3 heterocycles. The Morgan fingerprint density at radius 3 is 2.66 bits per heavy atom. The maximum atomic E-state index is 14.1. The molecule has 0 amide bonds. The predicted molar refractivity (Wildman–Crippen MR) is 137 cm³/mol. The second kappa shape index (κ2) is 11.3. The van der Waals surface area contributed by atoms with Gasteiger partial charge in [-0.15, -0.1) is 0 Å². The van der Waals surface area contributed by atoms with E-state index in [1.165, 1.54) is 36.1 Å². The number of aliphatic hydroxyl groups is 1. The van der Waals surface area contributed by atoms with E-state index in [1.54, 1.807) is 32.0 Å². The second-order valence-electron chi connectivity index (χ2n) is 8.92. The first-order valence-corrected chi connectivity index (χ1v) is 13.3. The van der Waals surface area contributed by atoms with Gasteiger partial charge in [-0.05, 0) is 43.5 Å². The molecule has 1 aromatic carbocycles. The highest BCUT2D eigenvalue weighted by Crippen LogP contribution is 2.60. The predicted octanol–water partition coefficient (Wildman–Crippen LogP) is 3.80. The van der Waals surface area contributed by atoms with E-state index >= 15 is 0 Å². The van der Waals surface area contributed by atoms with E-state index in [2.05, 4.69) is 20.0 Å². The molecule has 2 N–H and O–H groups in total. The van der Waals surface area contributed by atoms with Crippen LogP contribution in [0.2, 0.25) is 0 Å². The number of pyridine rings is 1. The smallest absolute Gasteiger partial charge is 0.412 e. The zero-order chi connectivity index (χ0) is 27.4. The SMILES string of the molecule is Cc1cccc(C)c1OP(=O)(OC[C@H]1O[C@@H](n2cc(C)c(=O)[nH]c2=O)C[C@@H]1N=[N+]=[N-])C(O)c1cccnc1. The lowest BCUT2D eigenvalue weighted by molar-refractivity contribution is -0.0252. The van der Waals surface area contributed by atoms with Gasteiger partial charge in [-0.25, -0.2) is 9.36 Å². The molecule has 0 aliphatic carbocycles. The average molecular weight is 542 g/mol. The van der Waals surface area contributed by atoms with Gasteiger partial charge in [0.15, 0.2) is 5.85 Å². The summed E-state index contributed by atoms with van der Waals surface area (Å²) in [4.78, 5) is 33.2. The second-order valence-corrected chi connectivity index (χ2v) is 10.9. The molecule has 2 aromatic heterocycles. The van der Waals surface area contributed by atoms with Crippen LogP contribution in [0.4, 0.5) is 0 Å². The van der Waals surface area contributed by atoms with Gasteiger partial charge in [0, 0.05) is 41.0 Å². The van der Waals surface area contributed by atoms with Crippen molar-refractivity contribution in [2.45, 2.75) is 51.4 Å². The number of azide groups is 1. The Kier molecular flexibility index (Phi) is 8.15. The molecule has 1 fully saturated rings. The fourth-order valence-electron chi connectivity index (χ4n) is 4.13. The third-order valence-corrected chi connectivity index (χ3v) is 8.03. The number of ether oxygens (including phenoxy) is 1. The topological polar surface area (TPSA) is 182 Å². The third kappa shape index (κ3) is 5.72. The van der Waals surface area contributed by atoms with Gasteiger partial charge in [-0.1, -0.05) is 29.4 Å². The molecule has 0 bridgehead atoms. The van der Waals surface area contributed by atoms with Crippen LogP contribution < -0.4 is 15.8 Å². The molecule has 5 atom stereocenters. The Morgan fingerprint density at radius 2 is 2.00 bits per heavy atom. The Balaban J connectivity index is 1.63. The van der Waals surface area contributed by atoms with Gasteiger partial charge in [0.05, 0.1) is 18.8 Å². The standard InChI is InChI=1S/C24H27N6O7P/c1-14-6-4-7-15(2)21(14)37-38(34,23(32)17-8-5-9-26-11-17)35-13-19-18(28-29-25)10-20(36-19)30-12-16(3)22(31)27-24(30)33/h4-9,11-12,18-20,23,32H,10,13H2,1-3H3,(H,27,31,33)/t18-,19+,20+,23?,38?/m0/s1. The summed E-state index contributed by atoms with van der Waals surface area (Å²) in [5, 5.41) is 14.8. The third-order valence-electron chi connectivity index (χ3n) is 6.19. The summed E-state index contributed by atoms with van der Waals surface area (Å²) in [7, 11) is -4.34. The van der Waals surface area contributed by atoms with Gasteiger partial charge in [-0.2, -0.15) is 0 Å². The van der Waals surface area contributed by atoms with E-state index in [-0.39, 0.29) is 12.0 Å². The maximum absolute atomic E-state index is 14.1. The Hall–Kier alpha value is -3.73. The number of aryl methyl sites for hydroxylation is 3. The molecule has 38 heavy (non-hydrogen) atoms. The first-order valence-electron chi connectivity index (χ1n) is 11.7. The van der Waals surface area contributed by atoms with E-state index in [4.69, 9.17) is 19.3 Å². The number of benzene rings is 1. The maximum Gasteiger partial charge on any atom is 0.412 e. The summed E-state index contributed by atoms with van der Waals surface area (Å²) >= 11 is 0. The quantitative estimate of drug-likeness (QED) is 0.177. The molecule has 1 saturated heterocycles. The number of rotatable bonds is 9. The lowest BCUT2D eigenvalue weighted by Crippen LogP contribution is -2.33. The first-order chi connectivity index (χ1) is 18.1. The lowest BCUT2D eigenvalue weighted by atomic mass is 10.1. The Labute approximate surface area is 217 Å². The van der Waals surface area contributed by atoms with Gasteiger partial charge >= 0.3 is 13.3 Å². The minimum Gasteiger partial charge on any atom is -0.422 e. The largest absolute Gasteiger partial charge is 0.422 e. The first kappa shape index (κ1) is 27.3. The minimum absolute atomic E-state index is 0.0939. The van der Waals surface area contributed by atoms with E-state index < -0.39 is 49.7 Å². The summed E-state index contributed by atoms with van der Waals surface area (Å²) in [5.74, 6) is -1.39. The lowest BCUT2D eigenvalue weighted by Gasteiger charge is -2.27. The highest BCUT2D eigenvalue weighted by Gasteiger charge is 2.43. The molecule has 1 aliphatic heterocycles. The molecule has 1 aliphatic rings. The van der Waals surface area contributed by atoms with Crippen LogP contribution in [0.3, 0.4) is 0 Å². The molecule has 0 radical (unpaired) electrons. The van der Waals surface area contributed by atoms with Gasteiger partial charge in [0.2, 0.25) is 0 Å². The zero-order valence-corrected chi connectivity index (χ0v) is 21.8. The summed E-state index contributed by atoms with van der Waals surface area (Å²) in [5.41, 5.74) is 9.74. The number of nitrogens with zero attached hydrogens (tertiary/aromatic N) is 5. The van der Waals surface area contributed by atoms with Crippen LogP contribution in [0.1, 0.15) is 40.7 Å². The van der Waals surface area contributed by atoms with Crippen molar-refractivity contribution < 1.29 is 23.5 Å². The van der Waals surface area contributed by atoms with Crippen LogP contribution in [-0.2, 0) is 13.8 Å². The van der Waals surface area contributed by atoms with E-state index in [0.29, 0.717) is 22.4 Å². The van der Waals surface area contributed by atoms with Crippen molar-refractivity contribution in [3.05, 3.63) is 102 Å². The minimum atomic E-state index is -4.34. The molecule has 2 unspecified atom stereocenters. The highest BCUT2D eigenvalue weighted by atomic mass is 31.2. The van der Waals surface area contributed by atoms with Crippen LogP contribution in [-0.4, -0.2) is 38.4 Å². The van der Waals surface area contributed by atoms with Crippen LogP contribution in [0.25, 0.3) is 10.4 Å². The van der Waals surface area contributed by atoms with Crippen molar-refractivity contribution in [1.82, 2.24) is 14.5 Å². The molecule has 13 nitrogen and oxygen atoms in total. The number of hydrogen-bond acceptors (Lipinski definition) is 9. The zero-order valence-electron chi connectivity index (χ0n) is 20.9. The number of aliphatic hydroxyl groups excluding tert-OH is 1. The van der Waals surface area contributed by atoms with Crippen molar-refractivity contribution in [3.63, 3.8) is 0 Å². The number of nitrogens with one attached hydrogen (secondary N) is 1. The van der Waals surface area contributed by atoms with Crippen molar-refractivity contribution in [3.8, 4) is 5.75 Å². The number of aromatic amines is 1. The normalized spacial score (nSPS) is 21.3. The van der Waals surface area contributed by atoms with Gasteiger partial charge in [-0.3, -0.25) is 23.9 Å². The van der Waals surface area contributed by atoms with Crippen LogP contribution in [0.5, 0.6) is 5.75 Å². The van der Waals surface area contributed by atoms with E-state index in [0.717, 1.165) is 0 Å². The summed E-state index contributed by atoms with van der Waals surface area (Å²) in [6, 6.07) is 7.68. The van der Waals surface area contributed by atoms with Gasteiger partial charge in [0.1, 0.15) is 12.0 Å². The number of aromatic nitrogens is 3. The molecule has 4 rings (SSSR count). The molecule has 0 saturated carbocycles. The fourth-order valence-corrected chi connectivity index (χ4v) is 5.84. The Bertz CT molecular complexity index is 1500. The summed E-state index contributed by atoms with van der Waals surface area (Å²) in [6.07, 6.45) is 2.48. The average Bonchev–Trinajstić information content (AvgIpc) is 3.30. The number of H-pyrrole nitrogens is 1. The Morgan fingerprint density at radius 1 is 1.26 bits per heavy atom. The van der Waals surface area contributed by atoms with Crippen molar-refractivity contribution in [1.29, 1.82) is 0 Å². The summed E-state index contributed by atoms with van der Waals surface area (Å²) < 4.78 is 32.9. The molecule has 14 heteroatoms. The molecular weight excluding hydrogens is 515 g/mol. The number of para-hydroxylation sites is 1. The monoisotopic (exact) mass is 542 g/mol. The molecule has 3 aromatic rings. The van der Waals surface area contributed by atoms with Gasteiger partial charge in [0.25, 0.3) is 5.56 Å². The van der Waals surface area contributed by atoms with Crippen molar-refractivity contribution in [2.24, 2.45) is 5.11 Å². The van der Waals surface area contributed by atoms with Crippen molar-refractivity contribution >= 4 is 7.60 Å². The molecule has 0 spiro atoms. The molecule has 200 valence electrons. The van der Waals surface area contributed by atoms with E-state index in [9.17, 15) is 19.3 Å².